The highest BCUT2D eigenvalue weighted by Gasteiger charge is 2.66. The Bertz CT molecular complexity index is 525. The quantitative estimate of drug-likeness (QED) is 0.803. The van der Waals surface area contributed by atoms with Crippen LogP contribution in [-0.4, -0.2) is 13.1 Å². The van der Waals surface area contributed by atoms with Crippen LogP contribution in [-0.2, 0) is 5.41 Å². The summed E-state index contributed by atoms with van der Waals surface area (Å²) in [4.78, 5) is -1.78. The van der Waals surface area contributed by atoms with E-state index in [9.17, 15) is 19.4 Å². The minimum absolute atomic E-state index is 0.284. The molecule has 3 rings (SSSR count). The Hall–Kier alpha value is -0.820. The van der Waals surface area contributed by atoms with Crippen molar-refractivity contribution < 1.29 is 19.4 Å². The molecule has 0 radical (unpaired) electrons. The first-order valence-corrected chi connectivity index (χ1v) is 7.52. The van der Waals surface area contributed by atoms with Gasteiger partial charge in [-0.25, -0.2) is 0 Å². The number of fused-ring (bicyclic) bond motifs is 1. The van der Waals surface area contributed by atoms with Crippen molar-refractivity contribution in [1.29, 1.82) is 0 Å². The Morgan fingerprint density at radius 3 is 2.39 bits per heavy atom. The number of benzene rings is 1. The van der Waals surface area contributed by atoms with Gasteiger partial charge in [0.1, 0.15) is 4.90 Å². The molecule has 1 heterocycles. The molecule has 102 valence electrons. The topological polar surface area (TPSA) is 12.0 Å². The van der Waals surface area contributed by atoms with Crippen LogP contribution in [0.2, 0.25) is 0 Å². The summed E-state index contributed by atoms with van der Waals surface area (Å²) in [6.45, 7) is 1.32. The average molecular weight is 285 g/mol. The molecule has 2 fully saturated rings. The summed E-state index contributed by atoms with van der Waals surface area (Å²) in [7, 11) is -9.56. The van der Waals surface area contributed by atoms with E-state index in [4.69, 9.17) is 0 Å². The first kappa shape index (κ1) is 12.2. The fraction of sp³-hybridized carbons (Fsp3) is 0.455. The van der Waals surface area contributed by atoms with Gasteiger partial charge < -0.3 is 5.32 Å². The predicted molar refractivity (Wildman–Crippen MR) is 60.5 cm³/mol. The number of hydrogen-bond donors (Lipinski definition) is 1. The van der Waals surface area contributed by atoms with E-state index in [1.165, 1.54) is 6.07 Å². The van der Waals surface area contributed by atoms with Crippen LogP contribution in [0.1, 0.15) is 12.0 Å². The van der Waals surface area contributed by atoms with Crippen LogP contribution in [0.15, 0.2) is 29.2 Å². The van der Waals surface area contributed by atoms with Crippen LogP contribution in [0.5, 0.6) is 0 Å². The molecule has 1 aromatic rings. The fourth-order valence-corrected chi connectivity index (χ4v) is 3.52. The van der Waals surface area contributed by atoms with E-state index in [0.717, 1.165) is 19.0 Å². The molecule has 0 aromatic heterocycles. The van der Waals surface area contributed by atoms with Gasteiger partial charge in [0.05, 0.1) is 0 Å². The lowest BCUT2D eigenvalue weighted by atomic mass is 9.95. The maximum Gasteiger partial charge on any atom is 0.310 e. The van der Waals surface area contributed by atoms with E-state index < -0.39 is 15.1 Å². The predicted octanol–water partition coefficient (Wildman–Crippen LogP) is 4.20. The van der Waals surface area contributed by atoms with Gasteiger partial charge in [0.15, 0.2) is 0 Å². The maximum absolute atomic E-state index is 12.7. The standard InChI is InChI=1S/C11H12F5NS/c12-18(13,14,15,16)10-3-1-2-8(4-10)11-5-9(11)6-17-7-11/h1-4,9,17H,5-7H2. The SMILES string of the molecule is FS(F)(F)(F)(F)c1cccc(C23CNCC2C3)c1. The lowest BCUT2D eigenvalue weighted by molar-refractivity contribution is 0.363. The summed E-state index contributed by atoms with van der Waals surface area (Å²) >= 11 is 0. The number of nitrogens with one attached hydrogen (secondary N) is 1. The molecule has 0 bridgehead atoms. The van der Waals surface area contributed by atoms with Gasteiger partial charge in [-0.15, -0.1) is 0 Å². The lowest BCUT2D eigenvalue weighted by Gasteiger charge is -2.40. The minimum atomic E-state index is -9.56. The largest absolute Gasteiger partial charge is 0.316 e. The molecule has 2 aliphatic rings. The van der Waals surface area contributed by atoms with E-state index in [0.29, 0.717) is 24.2 Å². The van der Waals surface area contributed by atoms with Crippen molar-refractivity contribution >= 4 is 10.2 Å². The van der Waals surface area contributed by atoms with Crippen molar-refractivity contribution in [2.24, 2.45) is 5.92 Å². The molecule has 18 heavy (non-hydrogen) atoms. The zero-order valence-corrected chi connectivity index (χ0v) is 10.1. The molecule has 0 spiro atoms. The maximum atomic E-state index is 12.7. The van der Waals surface area contributed by atoms with Crippen molar-refractivity contribution in [2.75, 3.05) is 13.1 Å². The zero-order chi connectivity index (χ0) is 13.3. The summed E-state index contributed by atoms with van der Waals surface area (Å²) in [5.41, 5.74) is 0.0298. The Balaban J connectivity index is 2.07. The molecule has 1 saturated carbocycles. The second kappa shape index (κ2) is 2.70. The van der Waals surface area contributed by atoms with Crippen LogP contribution >= 0.6 is 10.2 Å². The fourth-order valence-electron chi connectivity index (χ4n) is 2.84. The van der Waals surface area contributed by atoms with Crippen molar-refractivity contribution in [1.82, 2.24) is 5.32 Å². The zero-order valence-electron chi connectivity index (χ0n) is 9.31. The van der Waals surface area contributed by atoms with Gasteiger partial charge in [0.25, 0.3) is 0 Å². The van der Waals surface area contributed by atoms with Crippen molar-refractivity contribution in [3.05, 3.63) is 29.8 Å². The van der Waals surface area contributed by atoms with Crippen molar-refractivity contribution in [2.45, 2.75) is 16.7 Å². The Kier molecular flexibility index (Phi) is 1.83. The van der Waals surface area contributed by atoms with Gasteiger partial charge in [-0.2, -0.15) is 0 Å². The second-order valence-corrected chi connectivity index (χ2v) is 7.59. The van der Waals surface area contributed by atoms with Gasteiger partial charge in [-0.3, -0.25) is 0 Å². The molecule has 1 aromatic carbocycles. The highest BCUT2D eigenvalue weighted by atomic mass is 32.5. The van der Waals surface area contributed by atoms with Crippen LogP contribution in [0, 0.1) is 5.92 Å². The summed E-state index contributed by atoms with van der Waals surface area (Å²) in [5.74, 6) is 0.284. The van der Waals surface area contributed by atoms with Crippen molar-refractivity contribution in [3.8, 4) is 0 Å². The van der Waals surface area contributed by atoms with Crippen LogP contribution in [0.25, 0.3) is 0 Å². The summed E-state index contributed by atoms with van der Waals surface area (Å²) in [5, 5.41) is 3.08. The lowest BCUT2D eigenvalue weighted by Crippen LogP contribution is -2.19. The summed E-state index contributed by atoms with van der Waals surface area (Å²) in [6, 6.07) is 3.68. The van der Waals surface area contributed by atoms with Crippen LogP contribution in [0.3, 0.4) is 0 Å². The van der Waals surface area contributed by atoms with Crippen LogP contribution in [0.4, 0.5) is 19.4 Å². The Labute approximate surface area is 101 Å². The number of hydrogen-bond acceptors (Lipinski definition) is 1. The third-order valence-corrected chi connectivity index (χ3v) is 5.06. The monoisotopic (exact) mass is 285 g/mol. The molecular weight excluding hydrogens is 273 g/mol. The third-order valence-electron chi connectivity index (χ3n) is 3.92. The normalized spacial score (nSPS) is 34.6. The smallest absolute Gasteiger partial charge is 0.310 e. The van der Waals surface area contributed by atoms with E-state index in [1.54, 1.807) is 0 Å². The number of halogens is 5. The van der Waals surface area contributed by atoms with Gasteiger partial charge >= 0.3 is 10.2 Å². The van der Waals surface area contributed by atoms with Gasteiger partial charge in [0, 0.05) is 12.0 Å². The summed E-state index contributed by atoms with van der Waals surface area (Å²) < 4.78 is 63.7. The molecule has 1 N–H and O–H groups in total. The van der Waals surface area contributed by atoms with Gasteiger partial charge in [0.2, 0.25) is 0 Å². The molecule has 1 aliphatic carbocycles. The molecule has 0 amide bonds. The molecule has 2 unspecified atom stereocenters. The van der Waals surface area contributed by atoms with Gasteiger partial charge in [-0.05, 0) is 36.6 Å². The van der Waals surface area contributed by atoms with E-state index >= 15 is 0 Å². The molecule has 1 saturated heterocycles. The third kappa shape index (κ3) is 1.80. The number of piperidine rings is 1. The molecule has 1 nitrogen and oxygen atoms in total. The Morgan fingerprint density at radius 1 is 1.17 bits per heavy atom. The second-order valence-electron chi connectivity index (χ2n) is 5.18. The molecule has 1 aliphatic heterocycles. The Morgan fingerprint density at radius 2 is 1.89 bits per heavy atom. The molecule has 7 heteroatoms. The molecular formula is C11H12F5NS. The van der Waals surface area contributed by atoms with Crippen LogP contribution < -0.4 is 5.32 Å². The van der Waals surface area contributed by atoms with Crippen molar-refractivity contribution in [3.63, 3.8) is 0 Å². The van der Waals surface area contributed by atoms with Gasteiger partial charge in [-0.1, -0.05) is 31.6 Å². The highest BCUT2D eigenvalue weighted by molar-refractivity contribution is 8.45. The van der Waals surface area contributed by atoms with E-state index in [1.807, 2.05) is 0 Å². The highest BCUT2D eigenvalue weighted by Crippen LogP contribution is 3.02. The van der Waals surface area contributed by atoms with E-state index in [2.05, 4.69) is 5.32 Å². The van der Waals surface area contributed by atoms with E-state index in [-0.39, 0.29) is 11.3 Å². The minimum Gasteiger partial charge on any atom is -0.316 e. The summed E-state index contributed by atoms with van der Waals surface area (Å²) in [6.07, 6.45) is 0.782. The first-order valence-electron chi connectivity index (χ1n) is 5.57. The first-order chi connectivity index (χ1) is 8.01. The molecule has 2 atom stereocenters. The average Bonchev–Trinajstić information content (AvgIpc) is 2.79. The number of rotatable bonds is 2.